The van der Waals surface area contributed by atoms with E-state index in [1.165, 1.54) is 76.6 Å². The highest BCUT2D eigenvalue weighted by Gasteiger charge is 2.52. The predicted octanol–water partition coefficient (Wildman–Crippen LogP) is 28.3. The van der Waals surface area contributed by atoms with E-state index in [0.29, 0.717) is 34.9 Å². The van der Waals surface area contributed by atoms with Gasteiger partial charge in [-0.15, -0.1) is 0 Å². The third kappa shape index (κ3) is 11.3. The van der Waals surface area contributed by atoms with Crippen LogP contribution in [-0.4, -0.2) is 39.9 Å². The molecule has 0 amide bonds. The summed E-state index contributed by atoms with van der Waals surface area (Å²) in [7, 11) is 0. The Hall–Kier alpha value is -15.5. The van der Waals surface area contributed by atoms with E-state index in [1.807, 2.05) is 66.4 Å². The van der Waals surface area contributed by atoms with Gasteiger partial charge in [-0.3, -0.25) is 9.97 Å². The molecule has 25 rings (SSSR count). The molecular formula is C114H68N8S2. The standard InChI is InChI=1S/C114H68N8S2/c1-3-20-69(21-4-1)70-43-47-77(48-44-70)108-117-109(120-110(119-108)82-54-59-100-104(65-82)123-102-63-80(87-34-18-27-75-28-19-61-116-106(75)87)52-57-98(102)113(100)94-36-14-11-31-88(94)89-32-12-15-37-95(89)113)78-49-45-72(46-50-78)71-39-41-73(42-40-71)79-51-56-97-92(62-79)90-33-13-16-38-96(90)114(97)99-58-53-81(93-68-115-67-84-25-8-10-30-86(84)93)64-103(99)124-105-66-83(55-60-101(105)114)111-118-107(76-23-5-2-6-24-76)121-112(122-111)91-35-17-26-74-22-7-9-29-85(74)91/h1-68H. The number of benzene rings is 17. The molecule has 0 fully saturated rings. The van der Waals surface area contributed by atoms with Gasteiger partial charge in [0.15, 0.2) is 34.9 Å². The highest BCUT2D eigenvalue weighted by atomic mass is 32.2. The summed E-state index contributed by atoms with van der Waals surface area (Å²) < 4.78 is 0. The lowest BCUT2D eigenvalue weighted by Gasteiger charge is -2.40. The molecule has 576 valence electrons. The Kier molecular flexibility index (Phi) is 16.5. The first-order chi connectivity index (χ1) is 61.4. The molecule has 6 heterocycles. The molecule has 2 aliphatic heterocycles. The number of rotatable bonds is 11. The fourth-order valence-corrected chi connectivity index (χ4v) is 22.5. The first-order valence-electron chi connectivity index (χ1n) is 41.9. The van der Waals surface area contributed by atoms with E-state index in [0.717, 1.165) is 131 Å². The second kappa shape index (κ2) is 28.6. The number of pyridine rings is 2. The number of hydrogen-bond donors (Lipinski definition) is 0. The van der Waals surface area contributed by atoms with E-state index in [1.54, 1.807) is 0 Å². The summed E-state index contributed by atoms with van der Waals surface area (Å²) in [6.07, 6.45) is 5.86. The largest absolute Gasteiger partial charge is 0.263 e. The van der Waals surface area contributed by atoms with E-state index in [4.69, 9.17) is 39.9 Å². The second-order valence-electron chi connectivity index (χ2n) is 32.3. The SMILES string of the molecule is c1ccc(-c2ccc(-c3nc(-c4ccc(-c5ccc(-c6ccc7c(c6)-c6ccccc6C76c7ccc(-c8nc(-c9ccccc9)nc(-c9cccc%10ccccc9%10)n8)cc7Sc7cc(-c8cncc9ccccc89)ccc76)cc5)cc4)nc(-c4ccc5c(c4)Sc4cc(-c6cccc7cccnc67)ccc4C54c5ccccc5-c5ccccc54)n3)cc2)cc1. The molecule has 0 saturated carbocycles. The van der Waals surface area contributed by atoms with Crippen LogP contribution in [0.15, 0.2) is 432 Å². The lowest BCUT2D eigenvalue weighted by Crippen LogP contribution is -2.32. The lowest BCUT2D eigenvalue weighted by atomic mass is 9.67. The minimum atomic E-state index is -0.691. The van der Waals surface area contributed by atoms with Gasteiger partial charge in [0.1, 0.15) is 0 Å². The van der Waals surface area contributed by atoms with Crippen LogP contribution in [0.1, 0.15) is 44.5 Å². The Bertz CT molecular complexity index is 7930. The van der Waals surface area contributed by atoms with Crippen LogP contribution in [0, 0.1) is 0 Å². The van der Waals surface area contributed by atoms with E-state index in [-0.39, 0.29) is 0 Å². The predicted molar refractivity (Wildman–Crippen MR) is 504 cm³/mol. The maximum atomic E-state index is 5.46. The minimum Gasteiger partial charge on any atom is -0.263 e. The molecule has 17 aromatic carbocycles. The zero-order valence-corrected chi connectivity index (χ0v) is 68.3. The van der Waals surface area contributed by atoms with Crippen LogP contribution in [0.2, 0.25) is 0 Å². The maximum Gasteiger partial charge on any atom is 0.164 e. The van der Waals surface area contributed by atoms with Crippen molar-refractivity contribution in [1.29, 1.82) is 0 Å². The highest BCUT2D eigenvalue weighted by Crippen LogP contribution is 2.65. The second-order valence-corrected chi connectivity index (χ2v) is 34.5. The fraction of sp³-hybridized carbons (Fsp3) is 0.0175. The van der Waals surface area contributed by atoms with Gasteiger partial charge in [-0.05, 0) is 164 Å². The third-order valence-corrected chi connectivity index (χ3v) is 27.9. The van der Waals surface area contributed by atoms with Crippen LogP contribution in [0.4, 0.5) is 0 Å². The van der Waals surface area contributed by atoms with Gasteiger partial charge in [-0.2, -0.15) is 0 Å². The average Bonchev–Trinajstić information content (AvgIpc) is 1.46. The smallest absolute Gasteiger partial charge is 0.164 e. The van der Waals surface area contributed by atoms with Crippen molar-refractivity contribution in [2.24, 2.45) is 0 Å². The Balaban J connectivity index is 0.576. The van der Waals surface area contributed by atoms with Gasteiger partial charge >= 0.3 is 0 Å². The summed E-state index contributed by atoms with van der Waals surface area (Å²) >= 11 is 3.63. The van der Waals surface area contributed by atoms with Crippen LogP contribution in [0.3, 0.4) is 0 Å². The van der Waals surface area contributed by atoms with Gasteiger partial charge < -0.3 is 0 Å². The molecule has 2 spiro atoms. The van der Waals surface area contributed by atoms with Crippen LogP contribution in [0.5, 0.6) is 0 Å². The summed E-state index contributed by atoms with van der Waals surface area (Å²) in [5.41, 5.74) is 31.2. The average molecular weight is 1610 g/mol. The van der Waals surface area contributed by atoms with Gasteiger partial charge in [0.05, 0.1) is 16.3 Å². The lowest BCUT2D eigenvalue weighted by molar-refractivity contribution is 0.722. The van der Waals surface area contributed by atoms with Crippen LogP contribution >= 0.6 is 23.5 Å². The van der Waals surface area contributed by atoms with Crippen molar-refractivity contribution < 1.29 is 0 Å². The molecule has 1 unspecified atom stereocenters. The van der Waals surface area contributed by atoms with E-state index in [9.17, 15) is 0 Å². The summed E-state index contributed by atoms with van der Waals surface area (Å²) in [5.74, 6) is 3.63. The molecular weight excluding hydrogens is 1550 g/mol. The fourth-order valence-electron chi connectivity index (χ4n) is 20.0. The quantitative estimate of drug-likeness (QED) is 0.124. The monoisotopic (exact) mass is 1610 g/mol. The van der Waals surface area contributed by atoms with Gasteiger partial charge in [-0.1, -0.05) is 381 Å². The molecule has 4 aromatic heterocycles. The molecule has 21 aromatic rings. The van der Waals surface area contributed by atoms with Gasteiger partial charge in [0, 0.05) is 93.5 Å². The van der Waals surface area contributed by atoms with E-state index in [2.05, 4.69) is 370 Å². The molecule has 2 aliphatic carbocycles. The number of nitrogens with zero attached hydrogens (tertiary/aromatic N) is 8. The molecule has 10 heteroatoms. The Labute approximate surface area is 724 Å². The van der Waals surface area contributed by atoms with E-state index >= 15 is 0 Å². The van der Waals surface area contributed by atoms with Gasteiger partial charge in [0.2, 0.25) is 0 Å². The summed E-state index contributed by atoms with van der Waals surface area (Å²) in [6, 6.07) is 143. The Morgan fingerprint density at radius 2 is 0.516 bits per heavy atom. The summed E-state index contributed by atoms with van der Waals surface area (Å²) in [4.78, 5) is 46.5. The highest BCUT2D eigenvalue weighted by molar-refractivity contribution is 7.99. The van der Waals surface area contributed by atoms with Crippen molar-refractivity contribution in [3.63, 3.8) is 0 Å². The van der Waals surface area contributed by atoms with Crippen molar-refractivity contribution in [2.45, 2.75) is 30.4 Å². The van der Waals surface area contributed by atoms with Crippen LogP contribution < -0.4 is 0 Å². The first kappa shape index (κ1) is 71.5. The van der Waals surface area contributed by atoms with Crippen molar-refractivity contribution >= 4 is 56.0 Å². The number of aromatic nitrogens is 8. The Morgan fingerprint density at radius 3 is 1.06 bits per heavy atom. The third-order valence-electron chi connectivity index (χ3n) is 25.7. The zero-order valence-electron chi connectivity index (χ0n) is 66.7. The molecule has 0 saturated heterocycles. The zero-order chi connectivity index (χ0) is 81.6. The van der Waals surface area contributed by atoms with Crippen molar-refractivity contribution in [3.8, 4) is 146 Å². The Morgan fingerprint density at radius 1 is 0.185 bits per heavy atom. The first-order valence-corrected chi connectivity index (χ1v) is 43.5. The normalized spacial score (nSPS) is 14.0. The van der Waals surface area contributed by atoms with Crippen LogP contribution in [-0.2, 0) is 10.8 Å². The van der Waals surface area contributed by atoms with Gasteiger partial charge in [0.25, 0.3) is 0 Å². The molecule has 124 heavy (non-hydrogen) atoms. The summed E-state index contributed by atoms with van der Waals surface area (Å²) in [5, 5.41) is 5.58. The van der Waals surface area contributed by atoms with Gasteiger partial charge in [-0.25, -0.2) is 29.9 Å². The van der Waals surface area contributed by atoms with Crippen LogP contribution in [0.25, 0.3) is 179 Å². The molecule has 0 radical (unpaired) electrons. The number of fused-ring (bicyclic) bond motifs is 21. The van der Waals surface area contributed by atoms with Crippen molar-refractivity contribution in [1.82, 2.24) is 39.9 Å². The number of hydrogen-bond acceptors (Lipinski definition) is 10. The van der Waals surface area contributed by atoms with Crippen molar-refractivity contribution in [3.05, 3.63) is 457 Å². The molecule has 8 nitrogen and oxygen atoms in total. The van der Waals surface area contributed by atoms with E-state index < -0.39 is 10.8 Å². The summed E-state index contributed by atoms with van der Waals surface area (Å²) in [6.45, 7) is 0. The molecule has 0 N–H and O–H groups in total. The molecule has 0 bridgehead atoms. The van der Waals surface area contributed by atoms with Crippen molar-refractivity contribution in [2.75, 3.05) is 0 Å². The topological polar surface area (TPSA) is 103 Å². The molecule has 1 atom stereocenters. The number of para-hydroxylation sites is 1. The molecule has 4 aliphatic rings. The maximum absolute atomic E-state index is 5.46. The minimum absolute atomic E-state index is 0.587.